The number of carbonyl (C=O) groups excluding carboxylic acids is 1. The Hall–Kier alpha value is -1.57. The number of carbonyl (C=O) groups is 1. The minimum Gasteiger partial charge on any atom is -0.569 e. The number of likely N-dealkylation sites (N-methyl/N-ethyl adjacent to an activating group) is 1. The third kappa shape index (κ3) is 6.82. The van der Waals surface area contributed by atoms with Crippen LogP contribution in [-0.4, -0.2) is 48.0 Å². The first-order chi connectivity index (χ1) is 7.61. The van der Waals surface area contributed by atoms with Crippen LogP contribution in [0.5, 0.6) is 0 Å². The molecule has 0 saturated heterocycles. The summed E-state index contributed by atoms with van der Waals surface area (Å²) in [6.07, 6.45) is 0.984. The Balaban J connectivity index is 3.70. The van der Waals surface area contributed by atoms with Crippen LogP contribution in [0.15, 0.2) is 5.28 Å². The molecule has 0 radical (unpaired) electrons. The first kappa shape index (κ1) is 14.4. The zero-order valence-electron chi connectivity index (χ0n) is 9.46. The molecule has 0 bridgehead atoms. The largest absolute Gasteiger partial charge is 0.569 e. The number of hydrazine groups is 1. The maximum Gasteiger partial charge on any atom is 0.308 e. The number of aliphatic hydroxyl groups is 1. The summed E-state index contributed by atoms with van der Waals surface area (Å²) < 4.78 is 4.58. The van der Waals surface area contributed by atoms with Crippen LogP contribution in [0, 0.1) is 5.21 Å². The van der Waals surface area contributed by atoms with E-state index in [9.17, 15) is 10.0 Å². The van der Waals surface area contributed by atoms with Gasteiger partial charge in [-0.05, 0) is 6.42 Å². The highest BCUT2D eigenvalue weighted by atomic mass is 16.8. The lowest BCUT2D eigenvalue weighted by Gasteiger charge is -2.10. The fourth-order valence-electron chi connectivity index (χ4n) is 0.734. The lowest BCUT2D eigenvalue weighted by atomic mass is 10.3. The van der Waals surface area contributed by atoms with E-state index < -0.39 is 12.8 Å². The van der Waals surface area contributed by atoms with Gasteiger partial charge in [-0.2, -0.15) is 0 Å². The number of rotatable bonds is 8. The van der Waals surface area contributed by atoms with Gasteiger partial charge in [-0.25, -0.2) is 0 Å². The van der Waals surface area contributed by atoms with Crippen molar-refractivity contribution >= 4 is 5.97 Å². The molecule has 0 aliphatic rings. The van der Waals surface area contributed by atoms with Crippen molar-refractivity contribution in [3.05, 3.63) is 5.21 Å². The zero-order valence-corrected chi connectivity index (χ0v) is 9.46. The minimum absolute atomic E-state index is 0.131. The van der Waals surface area contributed by atoms with E-state index in [0.29, 0.717) is 12.8 Å². The Kier molecular flexibility index (Phi) is 7.86. The monoisotopic (exact) mass is 235 g/mol. The van der Waals surface area contributed by atoms with Crippen LogP contribution in [0.2, 0.25) is 0 Å². The summed E-state index contributed by atoms with van der Waals surface area (Å²) in [7, 11) is 1.43. The number of ether oxygens (including phenoxy) is 1. The smallest absolute Gasteiger partial charge is 0.308 e. The van der Waals surface area contributed by atoms with Crippen LogP contribution in [0.4, 0.5) is 0 Å². The second-order valence-corrected chi connectivity index (χ2v) is 2.95. The summed E-state index contributed by atoms with van der Waals surface area (Å²) in [5.41, 5.74) is 0. The van der Waals surface area contributed by atoms with Crippen LogP contribution >= 0.6 is 0 Å². The Bertz CT molecular complexity index is 234. The standard InChI is InChI=1S/C8H17N3O5/c1-3-4-8(13)15-7-16-9-11(14)10(2)5-6-12/h12H,3-7H2,1-2H3. The molecule has 0 aromatic carbocycles. The zero-order chi connectivity index (χ0) is 12.4. The van der Waals surface area contributed by atoms with Crippen LogP contribution in [0.25, 0.3) is 0 Å². The Morgan fingerprint density at radius 3 is 2.88 bits per heavy atom. The average Bonchev–Trinajstić information content (AvgIpc) is 2.24. The lowest BCUT2D eigenvalue weighted by molar-refractivity contribution is -0.706. The summed E-state index contributed by atoms with van der Waals surface area (Å²) in [6.45, 7) is 1.41. The first-order valence-electron chi connectivity index (χ1n) is 4.89. The molecule has 0 aromatic heterocycles. The van der Waals surface area contributed by atoms with Gasteiger partial charge in [0.2, 0.25) is 5.28 Å². The second-order valence-electron chi connectivity index (χ2n) is 2.95. The third-order valence-electron chi connectivity index (χ3n) is 1.57. The van der Waals surface area contributed by atoms with Crippen molar-refractivity contribution in [2.75, 3.05) is 27.0 Å². The van der Waals surface area contributed by atoms with Gasteiger partial charge in [0, 0.05) is 6.42 Å². The molecular weight excluding hydrogens is 218 g/mol. The molecule has 16 heavy (non-hydrogen) atoms. The predicted molar refractivity (Wildman–Crippen MR) is 52.7 cm³/mol. The molecule has 0 atom stereocenters. The summed E-state index contributed by atoms with van der Waals surface area (Å²) in [5.74, 6) is -0.404. The number of hydrogen-bond acceptors (Lipinski definition) is 6. The molecule has 0 spiro atoms. The van der Waals surface area contributed by atoms with Crippen LogP contribution in [0.3, 0.4) is 0 Å². The van der Waals surface area contributed by atoms with Crippen LogP contribution in [0.1, 0.15) is 19.8 Å². The van der Waals surface area contributed by atoms with Crippen molar-refractivity contribution in [2.45, 2.75) is 19.8 Å². The summed E-state index contributed by atoms with van der Waals surface area (Å²) in [4.78, 5) is 15.5. The SMILES string of the molecule is CCCC(=O)OCON=[N+]([O-])N(C)CCO. The second kappa shape index (κ2) is 8.72. The fourth-order valence-corrected chi connectivity index (χ4v) is 0.734. The van der Waals surface area contributed by atoms with Crippen LogP contribution in [-0.2, 0) is 14.4 Å². The molecule has 0 amide bonds. The maximum atomic E-state index is 11.0. The summed E-state index contributed by atoms with van der Waals surface area (Å²) in [6, 6.07) is 0. The Labute approximate surface area is 93.6 Å². The Morgan fingerprint density at radius 1 is 1.62 bits per heavy atom. The molecule has 0 unspecified atom stereocenters. The lowest BCUT2D eigenvalue weighted by Crippen LogP contribution is -2.29. The summed E-state index contributed by atoms with van der Waals surface area (Å²) in [5, 5.41) is 23.7. The molecule has 94 valence electrons. The molecule has 0 rings (SSSR count). The molecule has 0 heterocycles. The van der Waals surface area contributed by atoms with E-state index in [1.54, 1.807) is 0 Å². The minimum atomic E-state index is -0.404. The number of esters is 1. The third-order valence-corrected chi connectivity index (χ3v) is 1.57. The van der Waals surface area contributed by atoms with Crippen LogP contribution < -0.4 is 0 Å². The van der Waals surface area contributed by atoms with E-state index in [2.05, 4.69) is 14.9 Å². The van der Waals surface area contributed by atoms with E-state index in [-0.39, 0.29) is 18.1 Å². The van der Waals surface area contributed by atoms with E-state index in [1.807, 2.05) is 6.92 Å². The van der Waals surface area contributed by atoms with Gasteiger partial charge in [-0.15, -0.1) is 5.01 Å². The highest BCUT2D eigenvalue weighted by molar-refractivity contribution is 5.69. The molecule has 0 aliphatic heterocycles. The first-order valence-corrected chi connectivity index (χ1v) is 4.89. The average molecular weight is 235 g/mol. The van der Waals surface area contributed by atoms with Crippen molar-refractivity contribution in [3.63, 3.8) is 0 Å². The maximum absolute atomic E-state index is 11.0. The topological polar surface area (TPSA) is 97.4 Å². The van der Waals surface area contributed by atoms with Gasteiger partial charge in [0.25, 0.3) is 6.79 Å². The highest BCUT2D eigenvalue weighted by Gasteiger charge is 2.05. The number of nitrogens with zero attached hydrogens (tertiary/aromatic N) is 3. The molecule has 0 aromatic rings. The molecule has 0 fully saturated rings. The van der Waals surface area contributed by atoms with E-state index in [4.69, 9.17) is 5.11 Å². The molecule has 1 N–H and O–H groups in total. The van der Waals surface area contributed by atoms with Crippen molar-refractivity contribution in [2.24, 2.45) is 5.28 Å². The molecule has 8 nitrogen and oxygen atoms in total. The van der Waals surface area contributed by atoms with Gasteiger partial charge >= 0.3 is 5.97 Å². The van der Waals surface area contributed by atoms with Crippen molar-refractivity contribution in [1.29, 1.82) is 0 Å². The van der Waals surface area contributed by atoms with Crippen molar-refractivity contribution in [1.82, 2.24) is 5.01 Å². The van der Waals surface area contributed by atoms with Gasteiger partial charge in [0.05, 0.1) is 25.2 Å². The van der Waals surface area contributed by atoms with Gasteiger partial charge in [-0.3, -0.25) is 4.79 Å². The fraction of sp³-hybridized carbons (Fsp3) is 0.875. The van der Waals surface area contributed by atoms with Gasteiger partial charge in [0.1, 0.15) is 0 Å². The highest BCUT2D eigenvalue weighted by Crippen LogP contribution is 1.92. The predicted octanol–water partition coefficient (Wildman–Crippen LogP) is 0.0204. The van der Waals surface area contributed by atoms with Crippen molar-refractivity contribution in [3.8, 4) is 0 Å². The van der Waals surface area contributed by atoms with Gasteiger partial charge < -0.3 is 19.9 Å². The summed E-state index contributed by atoms with van der Waals surface area (Å²) >= 11 is 0. The number of hydrogen-bond donors (Lipinski definition) is 1. The normalized spacial score (nSPS) is 11.1. The number of aliphatic hydroxyl groups excluding tert-OH is 1. The Morgan fingerprint density at radius 2 is 2.31 bits per heavy atom. The van der Waals surface area contributed by atoms with Crippen molar-refractivity contribution < 1.29 is 24.4 Å². The quantitative estimate of drug-likeness (QED) is 0.159. The van der Waals surface area contributed by atoms with Gasteiger partial charge in [0.15, 0.2) is 0 Å². The molecule has 8 heteroatoms. The van der Waals surface area contributed by atoms with E-state index >= 15 is 0 Å². The molecule has 0 saturated carbocycles. The molecule has 0 aliphatic carbocycles. The van der Waals surface area contributed by atoms with Gasteiger partial charge in [-0.1, -0.05) is 6.92 Å². The van der Waals surface area contributed by atoms with E-state index in [1.165, 1.54) is 7.05 Å². The van der Waals surface area contributed by atoms with E-state index in [0.717, 1.165) is 5.01 Å². The molecular formula is C8H17N3O5.